The Morgan fingerprint density at radius 1 is 1.69 bits per heavy atom. The summed E-state index contributed by atoms with van der Waals surface area (Å²) in [5, 5.41) is 19.0. The first-order valence-electron chi connectivity index (χ1n) is 4.51. The maximum atomic E-state index is 10.5. The van der Waals surface area contributed by atoms with Gasteiger partial charge in [-0.1, -0.05) is 11.6 Å². The van der Waals surface area contributed by atoms with Gasteiger partial charge in [-0.05, 0) is 13.0 Å². The van der Waals surface area contributed by atoms with E-state index in [9.17, 15) is 10.1 Å². The summed E-state index contributed by atoms with van der Waals surface area (Å²) in [6.07, 6.45) is 0. The number of nitrogens with zero attached hydrogens (tertiary/aromatic N) is 2. The van der Waals surface area contributed by atoms with Crippen molar-refractivity contribution in [3.8, 4) is 11.8 Å². The van der Waals surface area contributed by atoms with Crippen LogP contribution in [0.15, 0.2) is 18.2 Å². The number of nitriles is 1. The first kappa shape index (κ1) is 12.3. The Morgan fingerprint density at radius 3 is 2.88 bits per heavy atom. The average molecular weight is 241 g/mol. The smallest absolute Gasteiger partial charge is 0.288 e. The maximum absolute atomic E-state index is 10.5. The molecule has 5 nitrogen and oxygen atoms in total. The minimum absolute atomic E-state index is 0.0205. The summed E-state index contributed by atoms with van der Waals surface area (Å²) >= 11 is 5.69. The Kier molecular flexibility index (Phi) is 4.09. The van der Waals surface area contributed by atoms with Gasteiger partial charge >= 0.3 is 0 Å². The molecule has 0 N–H and O–H groups in total. The Hall–Kier alpha value is -1.80. The number of nitro benzene ring substituents is 1. The fraction of sp³-hybridized carbons (Fsp3) is 0.300. The molecule has 0 aliphatic carbocycles. The van der Waals surface area contributed by atoms with Gasteiger partial charge in [-0.25, -0.2) is 0 Å². The van der Waals surface area contributed by atoms with E-state index in [1.54, 1.807) is 6.92 Å². The van der Waals surface area contributed by atoms with Crippen LogP contribution in [0.5, 0.6) is 5.75 Å². The molecule has 0 saturated carbocycles. The highest BCUT2D eigenvalue weighted by molar-refractivity contribution is 6.32. The van der Waals surface area contributed by atoms with Crippen molar-refractivity contribution in [1.29, 1.82) is 5.26 Å². The van der Waals surface area contributed by atoms with Gasteiger partial charge in [-0.15, -0.1) is 0 Å². The highest BCUT2D eigenvalue weighted by Gasteiger charge is 2.12. The van der Waals surface area contributed by atoms with E-state index in [4.69, 9.17) is 21.6 Å². The van der Waals surface area contributed by atoms with Gasteiger partial charge in [0.05, 0.1) is 16.9 Å². The Balaban J connectivity index is 2.75. The fourth-order valence-electron chi connectivity index (χ4n) is 0.984. The Morgan fingerprint density at radius 2 is 2.38 bits per heavy atom. The number of hydrogen-bond acceptors (Lipinski definition) is 4. The molecule has 0 radical (unpaired) electrons. The van der Waals surface area contributed by atoms with Gasteiger partial charge in [0.15, 0.2) is 0 Å². The minimum atomic E-state index is -0.565. The quantitative estimate of drug-likeness (QED) is 0.599. The third-order valence-corrected chi connectivity index (χ3v) is 2.14. The van der Waals surface area contributed by atoms with E-state index in [-0.39, 0.29) is 23.2 Å². The first-order chi connectivity index (χ1) is 7.54. The molecule has 84 valence electrons. The number of benzene rings is 1. The monoisotopic (exact) mass is 240 g/mol. The lowest BCUT2D eigenvalue weighted by atomic mass is 10.2. The SMILES string of the molecule is CC(C#N)COc1ccc([N+](=O)[O-])c(Cl)c1. The van der Waals surface area contributed by atoms with Crippen LogP contribution in [0.1, 0.15) is 6.92 Å². The van der Waals surface area contributed by atoms with Crippen molar-refractivity contribution >= 4 is 17.3 Å². The molecule has 0 saturated heterocycles. The molecule has 1 unspecified atom stereocenters. The zero-order valence-corrected chi connectivity index (χ0v) is 9.27. The lowest BCUT2D eigenvalue weighted by molar-refractivity contribution is -0.384. The minimum Gasteiger partial charge on any atom is -0.492 e. The summed E-state index contributed by atoms with van der Waals surface area (Å²) in [5.74, 6) is 0.173. The number of ether oxygens (including phenoxy) is 1. The molecule has 0 aliphatic rings. The van der Waals surface area contributed by atoms with E-state index in [1.165, 1.54) is 18.2 Å². The van der Waals surface area contributed by atoms with E-state index in [0.29, 0.717) is 5.75 Å². The van der Waals surface area contributed by atoms with Crippen LogP contribution in [-0.4, -0.2) is 11.5 Å². The molecule has 0 aliphatic heterocycles. The second kappa shape index (κ2) is 5.33. The van der Waals surface area contributed by atoms with E-state index < -0.39 is 4.92 Å². The number of nitro groups is 1. The largest absolute Gasteiger partial charge is 0.492 e. The fourth-order valence-corrected chi connectivity index (χ4v) is 1.22. The molecule has 0 aromatic heterocycles. The average Bonchev–Trinajstić information content (AvgIpc) is 2.25. The van der Waals surface area contributed by atoms with E-state index in [1.807, 2.05) is 6.07 Å². The summed E-state index contributed by atoms with van der Waals surface area (Å²) in [7, 11) is 0. The molecule has 0 bridgehead atoms. The predicted molar refractivity (Wildman–Crippen MR) is 58.4 cm³/mol. The van der Waals surface area contributed by atoms with Crippen molar-refractivity contribution in [2.24, 2.45) is 5.92 Å². The molecule has 1 aromatic rings. The van der Waals surface area contributed by atoms with Crippen molar-refractivity contribution in [2.75, 3.05) is 6.61 Å². The van der Waals surface area contributed by atoms with Gasteiger partial charge in [-0.3, -0.25) is 10.1 Å². The third kappa shape index (κ3) is 3.11. The van der Waals surface area contributed by atoms with Gasteiger partial charge < -0.3 is 4.74 Å². The lowest BCUT2D eigenvalue weighted by Crippen LogP contribution is -2.06. The van der Waals surface area contributed by atoms with Crippen molar-refractivity contribution in [3.63, 3.8) is 0 Å². The summed E-state index contributed by atoms with van der Waals surface area (Å²) in [6.45, 7) is 1.94. The molecule has 1 atom stereocenters. The van der Waals surface area contributed by atoms with Gasteiger partial charge in [0.25, 0.3) is 5.69 Å². The standard InChI is InChI=1S/C10H9ClN2O3/c1-7(5-12)6-16-8-2-3-10(13(14)15)9(11)4-8/h2-4,7H,6H2,1H3. The van der Waals surface area contributed by atoms with Gasteiger partial charge in [-0.2, -0.15) is 5.26 Å². The Labute approximate surface area is 97.4 Å². The summed E-state index contributed by atoms with van der Waals surface area (Å²) in [4.78, 5) is 9.92. The van der Waals surface area contributed by atoms with E-state index in [2.05, 4.69) is 0 Å². The summed E-state index contributed by atoms with van der Waals surface area (Å²) in [6, 6.07) is 6.10. The second-order valence-corrected chi connectivity index (χ2v) is 3.62. The van der Waals surface area contributed by atoms with Crippen LogP contribution in [0.25, 0.3) is 0 Å². The van der Waals surface area contributed by atoms with Gasteiger partial charge in [0.2, 0.25) is 0 Å². The number of rotatable bonds is 4. The molecule has 6 heteroatoms. The molecule has 0 spiro atoms. The van der Waals surface area contributed by atoms with Gasteiger partial charge in [0.1, 0.15) is 17.4 Å². The van der Waals surface area contributed by atoms with Gasteiger partial charge in [0, 0.05) is 12.1 Å². The van der Waals surface area contributed by atoms with E-state index >= 15 is 0 Å². The molecular weight excluding hydrogens is 232 g/mol. The highest BCUT2D eigenvalue weighted by atomic mass is 35.5. The molecule has 0 heterocycles. The third-order valence-electron chi connectivity index (χ3n) is 1.84. The number of hydrogen-bond donors (Lipinski definition) is 0. The van der Waals surface area contributed by atoms with Crippen LogP contribution < -0.4 is 4.74 Å². The zero-order valence-electron chi connectivity index (χ0n) is 8.51. The Bertz CT molecular complexity index is 442. The molecule has 0 fully saturated rings. The molecule has 16 heavy (non-hydrogen) atoms. The van der Waals surface area contributed by atoms with Crippen molar-refractivity contribution in [2.45, 2.75) is 6.92 Å². The predicted octanol–water partition coefficient (Wildman–Crippen LogP) is 2.79. The lowest BCUT2D eigenvalue weighted by Gasteiger charge is -2.07. The molecule has 0 amide bonds. The van der Waals surface area contributed by atoms with Crippen LogP contribution in [-0.2, 0) is 0 Å². The van der Waals surface area contributed by atoms with Crippen molar-refractivity contribution in [3.05, 3.63) is 33.3 Å². The highest BCUT2D eigenvalue weighted by Crippen LogP contribution is 2.28. The van der Waals surface area contributed by atoms with Crippen LogP contribution in [0, 0.1) is 27.4 Å². The second-order valence-electron chi connectivity index (χ2n) is 3.21. The molecule has 1 rings (SSSR count). The first-order valence-corrected chi connectivity index (χ1v) is 4.88. The zero-order chi connectivity index (χ0) is 12.1. The van der Waals surface area contributed by atoms with Crippen LogP contribution in [0.2, 0.25) is 5.02 Å². The normalized spacial score (nSPS) is 11.6. The van der Waals surface area contributed by atoms with Crippen LogP contribution in [0.3, 0.4) is 0 Å². The van der Waals surface area contributed by atoms with E-state index in [0.717, 1.165) is 0 Å². The number of halogens is 1. The molecule has 1 aromatic carbocycles. The summed E-state index contributed by atoms with van der Waals surface area (Å²) < 4.78 is 5.24. The summed E-state index contributed by atoms with van der Waals surface area (Å²) in [5.41, 5.74) is -0.164. The van der Waals surface area contributed by atoms with Crippen molar-refractivity contribution in [1.82, 2.24) is 0 Å². The van der Waals surface area contributed by atoms with Crippen LogP contribution >= 0.6 is 11.6 Å². The molecular formula is C10H9ClN2O3. The van der Waals surface area contributed by atoms with Crippen LogP contribution in [0.4, 0.5) is 5.69 Å². The van der Waals surface area contributed by atoms with Crippen molar-refractivity contribution < 1.29 is 9.66 Å². The maximum Gasteiger partial charge on any atom is 0.288 e. The topological polar surface area (TPSA) is 76.2 Å².